The predicted octanol–water partition coefficient (Wildman–Crippen LogP) is 4.14. The number of hydrogen-bond acceptors (Lipinski definition) is 9. The van der Waals surface area contributed by atoms with E-state index in [1.165, 1.54) is 30.5 Å². The Morgan fingerprint density at radius 2 is 1.64 bits per heavy atom. The van der Waals surface area contributed by atoms with Crippen LogP contribution in [-0.2, 0) is 20.1 Å². The number of sulfonamides is 1. The van der Waals surface area contributed by atoms with Gasteiger partial charge in [0, 0.05) is 12.1 Å². The molecule has 0 aliphatic rings. The number of benzene rings is 3. The highest BCUT2D eigenvalue weighted by Crippen LogP contribution is 2.38. The number of hydrazone groups is 1. The molecule has 3 aromatic rings. The van der Waals surface area contributed by atoms with Crippen LogP contribution in [0.3, 0.4) is 0 Å². The highest BCUT2D eigenvalue weighted by atomic mass is 79.9. The normalized spacial score (nSPS) is 11.9. The van der Waals surface area contributed by atoms with E-state index in [0.717, 1.165) is 29.8 Å². The number of aryl methyl sites for hydroxylation is 1. The first-order valence-electron chi connectivity index (χ1n) is 10.2. The van der Waals surface area contributed by atoms with Crippen molar-refractivity contribution in [2.24, 2.45) is 5.10 Å². The highest BCUT2D eigenvalue weighted by molar-refractivity contribution is 9.10. The lowest BCUT2D eigenvalue weighted by molar-refractivity contribution is -0.384. The van der Waals surface area contributed by atoms with Crippen molar-refractivity contribution in [1.82, 2.24) is 4.83 Å². The molecule has 190 valence electrons. The van der Waals surface area contributed by atoms with Crippen molar-refractivity contribution < 1.29 is 30.7 Å². The van der Waals surface area contributed by atoms with E-state index in [-0.39, 0.29) is 38.1 Å². The van der Waals surface area contributed by atoms with Crippen LogP contribution >= 0.6 is 15.9 Å². The number of nitrogens with zero attached hydrogens (tertiary/aromatic N) is 2. The van der Waals surface area contributed by atoms with E-state index in [1.807, 2.05) is 6.92 Å². The molecule has 11 nitrogen and oxygen atoms in total. The quantitative estimate of drug-likeness (QED) is 0.158. The fourth-order valence-electron chi connectivity index (χ4n) is 2.84. The number of hydrogen-bond donors (Lipinski definition) is 1. The predicted molar refractivity (Wildman–Crippen MR) is 135 cm³/mol. The minimum atomic E-state index is -4.36. The molecule has 0 saturated carbocycles. The molecule has 0 atom stereocenters. The molecule has 3 rings (SSSR count). The van der Waals surface area contributed by atoms with Gasteiger partial charge in [-0.15, -0.1) is 0 Å². The lowest BCUT2D eigenvalue weighted by atomic mass is 10.2. The van der Waals surface area contributed by atoms with Crippen LogP contribution in [0.15, 0.2) is 80.0 Å². The number of ether oxygens (including phenoxy) is 1. The Balaban J connectivity index is 1.85. The SMILES string of the molecule is CCOc1cc(/C=N\NS(=O)(=O)c2ccc(C)cc2)cc(Br)c1OS(=O)(=O)c1ccc([N+](=O)[O-])cc1. The van der Waals surface area contributed by atoms with Crippen LogP contribution < -0.4 is 13.8 Å². The fourth-order valence-corrected chi connectivity index (χ4v) is 5.24. The van der Waals surface area contributed by atoms with E-state index in [1.54, 1.807) is 19.1 Å². The molecule has 0 amide bonds. The van der Waals surface area contributed by atoms with Gasteiger partial charge in [-0.3, -0.25) is 10.1 Å². The second-order valence-electron chi connectivity index (χ2n) is 7.22. The summed E-state index contributed by atoms with van der Waals surface area (Å²) in [6.45, 7) is 3.68. The van der Waals surface area contributed by atoms with Gasteiger partial charge in [-0.25, -0.2) is 4.83 Å². The van der Waals surface area contributed by atoms with Crippen molar-refractivity contribution in [3.63, 3.8) is 0 Å². The van der Waals surface area contributed by atoms with Crippen molar-refractivity contribution in [3.8, 4) is 11.5 Å². The van der Waals surface area contributed by atoms with Crippen molar-refractivity contribution in [2.75, 3.05) is 6.61 Å². The van der Waals surface area contributed by atoms with Crippen LogP contribution in [0.4, 0.5) is 5.69 Å². The average molecular weight is 598 g/mol. The Labute approximate surface area is 216 Å². The third-order valence-electron chi connectivity index (χ3n) is 4.58. The molecule has 0 bridgehead atoms. The van der Waals surface area contributed by atoms with E-state index >= 15 is 0 Å². The lowest BCUT2D eigenvalue weighted by Crippen LogP contribution is -2.18. The summed E-state index contributed by atoms with van der Waals surface area (Å²) in [7, 11) is -8.25. The molecule has 0 aromatic heterocycles. The maximum absolute atomic E-state index is 12.7. The van der Waals surface area contributed by atoms with Gasteiger partial charge >= 0.3 is 10.1 Å². The van der Waals surface area contributed by atoms with Crippen molar-refractivity contribution >= 4 is 48.0 Å². The lowest BCUT2D eigenvalue weighted by Gasteiger charge is -2.14. The zero-order chi connectivity index (χ0) is 26.5. The molecule has 0 radical (unpaired) electrons. The van der Waals surface area contributed by atoms with Gasteiger partial charge in [0.1, 0.15) is 4.90 Å². The zero-order valence-electron chi connectivity index (χ0n) is 18.9. The van der Waals surface area contributed by atoms with Gasteiger partial charge in [-0.05, 0) is 71.7 Å². The molecule has 14 heteroatoms. The summed E-state index contributed by atoms with van der Waals surface area (Å²) in [6, 6.07) is 13.3. The largest absolute Gasteiger partial charge is 0.490 e. The Hall–Kier alpha value is -3.49. The maximum Gasteiger partial charge on any atom is 0.339 e. The molecule has 36 heavy (non-hydrogen) atoms. The first kappa shape index (κ1) is 27.1. The molecule has 0 aliphatic carbocycles. The van der Waals surface area contributed by atoms with E-state index < -0.39 is 25.1 Å². The monoisotopic (exact) mass is 597 g/mol. The Bertz CT molecular complexity index is 1510. The van der Waals surface area contributed by atoms with Crippen LogP contribution in [0.1, 0.15) is 18.1 Å². The van der Waals surface area contributed by atoms with Crippen LogP contribution in [0.25, 0.3) is 0 Å². The Kier molecular flexibility index (Phi) is 8.32. The first-order chi connectivity index (χ1) is 16.9. The topological polar surface area (TPSA) is 154 Å². The number of halogens is 1. The second-order valence-corrected chi connectivity index (χ2v) is 11.3. The number of rotatable bonds is 10. The summed E-state index contributed by atoms with van der Waals surface area (Å²) in [5.41, 5.74) is 1.01. The van der Waals surface area contributed by atoms with Crippen LogP contribution in [0.2, 0.25) is 0 Å². The molecule has 1 N–H and O–H groups in total. The third-order valence-corrected chi connectivity index (χ3v) is 7.64. The number of nitrogens with one attached hydrogen (secondary N) is 1. The van der Waals surface area contributed by atoms with Gasteiger partial charge in [-0.1, -0.05) is 17.7 Å². The number of nitro groups is 1. The summed E-state index contributed by atoms with van der Waals surface area (Å²) in [4.78, 5) is 12.0. The second kappa shape index (κ2) is 11.1. The summed E-state index contributed by atoms with van der Waals surface area (Å²) in [6.07, 6.45) is 1.22. The van der Waals surface area contributed by atoms with Crippen LogP contribution in [-0.4, -0.2) is 34.6 Å². The van der Waals surface area contributed by atoms with Crippen molar-refractivity contribution in [1.29, 1.82) is 0 Å². The van der Waals surface area contributed by atoms with Gasteiger partial charge < -0.3 is 8.92 Å². The van der Waals surface area contributed by atoms with Gasteiger partial charge in [0.05, 0.1) is 27.1 Å². The van der Waals surface area contributed by atoms with Crippen molar-refractivity contribution in [2.45, 2.75) is 23.6 Å². The van der Waals surface area contributed by atoms with E-state index in [2.05, 4.69) is 25.9 Å². The van der Waals surface area contributed by atoms with Crippen LogP contribution in [0, 0.1) is 17.0 Å². The van der Waals surface area contributed by atoms with Crippen molar-refractivity contribution in [3.05, 3.63) is 86.4 Å². The van der Waals surface area contributed by atoms with Gasteiger partial charge in [0.15, 0.2) is 11.5 Å². The van der Waals surface area contributed by atoms with Gasteiger partial charge in [0.25, 0.3) is 15.7 Å². The summed E-state index contributed by atoms with van der Waals surface area (Å²) in [5, 5.41) is 14.6. The van der Waals surface area contributed by atoms with E-state index in [0.29, 0.717) is 5.56 Å². The molecule has 0 aliphatic heterocycles. The number of nitro benzene ring substituents is 1. The molecular formula is C22H20BrN3O8S2. The van der Waals surface area contributed by atoms with E-state index in [9.17, 15) is 26.9 Å². The van der Waals surface area contributed by atoms with Gasteiger partial charge in [-0.2, -0.15) is 21.9 Å². The molecule has 0 fully saturated rings. The minimum Gasteiger partial charge on any atom is -0.490 e. The summed E-state index contributed by atoms with van der Waals surface area (Å²) in [5.74, 6) is -0.118. The molecule has 3 aromatic carbocycles. The van der Waals surface area contributed by atoms with Crippen LogP contribution in [0.5, 0.6) is 11.5 Å². The summed E-state index contributed by atoms with van der Waals surface area (Å²) < 4.78 is 61.2. The minimum absolute atomic E-state index is 0.0419. The standard InChI is InChI=1S/C22H20BrN3O8S2/c1-3-33-21-13-16(14-24-25-35(29,30)18-8-4-15(2)5-9-18)12-20(23)22(21)34-36(31,32)19-10-6-17(7-11-19)26(27)28/h4-14,25H,3H2,1-2H3/b24-14-. The zero-order valence-corrected chi connectivity index (χ0v) is 22.1. The number of non-ortho nitro benzene ring substituents is 1. The molecule has 0 unspecified atom stereocenters. The van der Waals surface area contributed by atoms with E-state index in [4.69, 9.17) is 8.92 Å². The fraction of sp³-hybridized carbons (Fsp3) is 0.136. The molecule has 0 spiro atoms. The smallest absolute Gasteiger partial charge is 0.339 e. The maximum atomic E-state index is 12.7. The Morgan fingerprint density at radius 3 is 2.22 bits per heavy atom. The highest BCUT2D eigenvalue weighted by Gasteiger charge is 2.23. The molecule has 0 saturated heterocycles. The Morgan fingerprint density at radius 1 is 1.03 bits per heavy atom. The molecule has 0 heterocycles. The first-order valence-corrected chi connectivity index (χ1v) is 13.9. The summed E-state index contributed by atoms with van der Waals surface area (Å²) >= 11 is 3.24. The van der Waals surface area contributed by atoms with Gasteiger partial charge in [0.2, 0.25) is 0 Å². The average Bonchev–Trinajstić information content (AvgIpc) is 2.82. The third kappa shape index (κ3) is 6.59. The molecular weight excluding hydrogens is 578 g/mol.